The molecule has 3 nitrogen and oxygen atoms in total. The third-order valence-electron chi connectivity index (χ3n) is 3.25. The number of nitriles is 1. The van der Waals surface area contributed by atoms with Crippen LogP contribution in [0.2, 0.25) is 0 Å². The third-order valence-corrected chi connectivity index (χ3v) is 3.25. The van der Waals surface area contributed by atoms with Crippen molar-refractivity contribution in [2.24, 2.45) is 0 Å². The molecule has 0 aliphatic carbocycles. The van der Waals surface area contributed by atoms with Crippen LogP contribution in [0.1, 0.15) is 24.0 Å². The highest BCUT2D eigenvalue weighted by Crippen LogP contribution is 2.20. The first-order chi connectivity index (χ1) is 8.24. The molecule has 0 saturated carbocycles. The van der Waals surface area contributed by atoms with Crippen LogP contribution in [0.15, 0.2) is 18.2 Å². The Labute approximate surface area is 100 Å². The summed E-state index contributed by atoms with van der Waals surface area (Å²) in [6.07, 6.45) is 2.08. The zero-order valence-electron chi connectivity index (χ0n) is 9.56. The summed E-state index contributed by atoms with van der Waals surface area (Å²) in [5.41, 5.74) is 1.01. The van der Waals surface area contributed by atoms with Crippen molar-refractivity contribution < 1.29 is 9.50 Å². The highest BCUT2D eigenvalue weighted by atomic mass is 19.1. The molecule has 90 valence electrons. The Morgan fingerprint density at radius 2 is 2.35 bits per heavy atom. The highest BCUT2D eigenvalue weighted by Gasteiger charge is 2.23. The Morgan fingerprint density at radius 3 is 3.06 bits per heavy atom. The molecule has 1 atom stereocenters. The summed E-state index contributed by atoms with van der Waals surface area (Å²) in [4.78, 5) is 2.17. The van der Waals surface area contributed by atoms with Crippen LogP contribution in [0.25, 0.3) is 0 Å². The maximum Gasteiger partial charge on any atom is 0.140 e. The first kappa shape index (κ1) is 12.0. The minimum Gasteiger partial charge on any atom is -0.395 e. The molecule has 17 heavy (non-hydrogen) atoms. The number of hydrogen-bond donors (Lipinski definition) is 1. The zero-order valence-corrected chi connectivity index (χ0v) is 9.56. The van der Waals surface area contributed by atoms with Crippen molar-refractivity contribution in [2.45, 2.75) is 25.4 Å². The summed E-state index contributed by atoms with van der Waals surface area (Å²) in [5, 5.41) is 18.0. The van der Waals surface area contributed by atoms with Crippen molar-refractivity contribution >= 4 is 0 Å². The van der Waals surface area contributed by atoms with Gasteiger partial charge in [0, 0.05) is 12.6 Å². The molecular weight excluding hydrogens is 219 g/mol. The molecule has 1 aliphatic heterocycles. The summed E-state index contributed by atoms with van der Waals surface area (Å²) < 4.78 is 13.2. The predicted molar refractivity (Wildman–Crippen MR) is 61.6 cm³/mol. The summed E-state index contributed by atoms with van der Waals surface area (Å²) in [6, 6.07) is 6.66. The number of rotatable bonds is 3. The van der Waals surface area contributed by atoms with Crippen LogP contribution >= 0.6 is 0 Å². The fourth-order valence-corrected chi connectivity index (χ4v) is 2.30. The summed E-state index contributed by atoms with van der Waals surface area (Å²) in [7, 11) is 0. The summed E-state index contributed by atoms with van der Waals surface area (Å²) in [6.45, 7) is 1.77. The molecule has 0 amide bonds. The molecule has 1 unspecified atom stereocenters. The monoisotopic (exact) mass is 234 g/mol. The quantitative estimate of drug-likeness (QED) is 0.865. The van der Waals surface area contributed by atoms with Crippen LogP contribution in [0, 0.1) is 17.1 Å². The number of likely N-dealkylation sites (tertiary alicyclic amines) is 1. The molecule has 0 spiro atoms. The lowest BCUT2D eigenvalue weighted by molar-refractivity contribution is 0.153. The van der Waals surface area contributed by atoms with Gasteiger partial charge in [0.1, 0.15) is 11.9 Å². The van der Waals surface area contributed by atoms with Crippen molar-refractivity contribution in [1.82, 2.24) is 4.90 Å². The van der Waals surface area contributed by atoms with Gasteiger partial charge in [-0.15, -0.1) is 0 Å². The highest BCUT2D eigenvalue weighted by molar-refractivity contribution is 5.34. The van der Waals surface area contributed by atoms with Crippen LogP contribution in [0.5, 0.6) is 0 Å². The van der Waals surface area contributed by atoms with E-state index in [0.29, 0.717) is 6.54 Å². The van der Waals surface area contributed by atoms with E-state index in [-0.39, 0.29) is 18.2 Å². The minimum absolute atomic E-state index is 0.0854. The Hall–Kier alpha value is -1.44. The van der Waals surface area contributed by atoms with E-state index in [9.17, 15) is 9.50 Å². The second kappa shape index (κ2) is 5.26. The van der Waals surface area contributed by atoms with Crippen LogP contribution in [0.4, 0.5) is 4.39 Å². The number of halogens is 1. The fraction of sp³-hybridized carbons (Fsp3) is 0.462. The number of nitrogens with zero attached hydrogens (tertiary/aromatic N) is 2. The Kier molecular flexibility index (Phi) is 3.72. The molecule has 4 heteroatoms. The number of aliphatic hydroxyl groups is 1. The Bertz CT molecular complexity index is 442. The van der Waals surface area contributed by atoms with E-state index in [2.05, 4.69) is 4.90 Å². The van der Waals surface area contributed by atoms with Crippen LogP contribution in [-0.4, -0.2) is 29.2 Å². The molecular formula is C13H15FN2O. The first-order valence-corrected chi connectivity index (χ1v) is 5.78. The number of aliphatic hydroxyl groups excluding tert-OH is 1. The van der Waals surface area contributed by atoms with E-state index in [1.807, 2.05) is 6.07 Å². The SMILES string of the molecule is N#Cc1cc(CN2CCCC2CO)ccc1F. The van der Waals surface area contributed by atoms with Gasteiger partial charge in [-0.3, -0.25) is 4.90 Å². The van der Waals surface area contributed by atoms with E-state index in [1.54, 1.807) is 12.1 Å². The Morgan fingerprint density at radius 1 is 1.53 bits per heavy atom. The lowest BCUT2D eigenvalue weighted by Gasteiger charge is -2.22. The predicted octanol–water partition coefficient (Wildman–Crippen LogP) is 1.65. The van der Waals surface area contributed by atoms with E-state index >= 15 is 0 Å². The molecule has 2 rings (SSSR count). The number of benzene rings is 1. The van der Waals surface area contributed by atoms with E-state index in [4.69, 9.17) is 5.26 Å². The fourth-order valence-electron chi connectivity index (χ4n) is 2.30. The van der Waals surface area contributed by atoms with Crippen molar-refractivity contribution in [3.63, 3.8) is 0 Å². The van der Waals surface area contributed by atoms with Crippen molar-refractivity contribution in [3.05, 3.63) is 35.1 Å². The smallest absolute Gasteiger partial charge is 0.140 e. The molecule has 1 N–H and O–H groups in total. The topological polar surface area (TPSA) is 47.3 Å². The van der Waals surface area contributed by atoms with Gasteiger partial charge in [-0.1, -0.05) is 6.07 Å². The zero-order chi connectivity index (χ0) is 12.3. The van der Waals surface area contributed by atoms with Crippen molar-refractivity contribution in [1.29, 1.82) is 5.26 Å². The van der Waals surface area contributed by atoms with E-state index in [1.165, 1.54) is 6.07 Å². The van der Waals surface area contributed by atoms with Gasteiger partial charge in [-0.25, -0.2) is 4.39 Å². The van der Waals surface area contributed by atoms with Gasteiger partial charge in [-0.05, 0) is 37.1 Å². The van der Waals surface area contributed by atoms with Gasteiger partial charge in [0.2, 0.25) is 0 Å². The molecule has 1 heterocycles. The van der Waals surface area contributed by atoms with Crippen LogP contribution in [-0.2, 0) is 6.54 Å². The van der Waals surface area contributed by atoms with Gasteiger partial charge in [0.15, 0.2) is 0 Å². The third kappa shape index (κ3) is 2.63. The molecule has 1 aromatic carbocycles. The summed E-state index contributed by atoms with van der Waals surface area (Å²) >= 11 is 0. The van der Waals surface area contributed by atoms with Gasteiger partial charge in [0.25, 0.3) is 0 Å². The van der Waals surface area contributed by atoms with E-state index in [0.717, 1.165) is 24.9 Å². The maximum absolute atomic E-state index is 13.2. The van der Waals surface area contributed by atoms with Crippen molar-refractivity contribution in [2.75, 3.05) is 13.2 Å². The lowest BCUT2D eigenvalue weighted by Crippen LogP contribution is -2.31. The molecule has 1 fully saturated rings. The minimum atomic E-state index is -0.476. The molecule has 1 saturated heterocycles. The second-order valence-corrected chi connectivity index (χ2v) is 4.38. The largest absolute Gasteiger partial charge is 0.395 e. The van der Waals surface area contributed by atoms with Crippen molar-refractivity contribution in [3.8, 4) is 6.07 Å². The molecule has 1 aromatic rings. The average Bonchev–Trinajstić information content (AvgIpc) is 2.79. The average molecular weight is 234 g/mol. The molecule has 0 bridgehead atoms. The molecule has 0 aromatic heterocycles. The normalized spacial score (nSPS) is 20.4. The Balaban J connectivity index is 2.11. The first-order valence-electron chi connectivity index (χ1n) is 5.78. The van der Waals surface area contributed by atoms with Crippen LogP contribution < -0.4 is 0 Å². The molecule has 0 radical (unpaired) electrons. The second-order valence-electron chi connectivity index (χ2n) is 4.38. The van der Waals surface area contributed by atoms with Crippen LogP contribution in [0.3, 0.4) is 0 Å². The standard InChI is InChI=1S/C13H15FN2O/c14-13-4-3-10(6-11(13)7-15)8-16-5-1-2-12(16)9-17/h3-4,6,12,17H,1-2,5,8-9H2. The van der Waals surface area contributed by atoms with Gasteiger partial charge in [-0.2, -0.15) is 5.26 Å². The summed E-state index contributed by atoms with van der Waals surface area (Å²) in [5.74, 6) is -0.476. The van der Waals surface area contributed by atoms with Gasteiger partial charge < -0.3 is 5.11 Å². The van der Waals surface area contributed by atoms with Gasteiger partial charge in [0.05, 0.1) is 12.2 Å². The number of hydrogen-bond acceptors (Lipinski definition) is 3. The van der Waals surface area contributed by atoms with Gasteiger partial charge >= 0.3 is 0 Å². The molecule has 1 aliphatic rings. The maximum atomic E-state index is 13.2. The van der Waals surface area contributed by atoms with E-state index < -0.39 is 5.82 Å². The lowest BCUT2D eigenvalue weighted by atomic mass is 10.1.